The fraction of sp³-hybridized carbons (Fsp3) is 0.780. The first-order valence-electron chi connectivity index (χ1n) is 19.5. The number of hydrogen-bond donors (Lipinski definition) is 0. The third-order valence-corrected chi connectivity index (χ3v) is 9.54. The van der Waals surface area contributed by atoms with E-state index in [1.807, 2.05) is 0 Å². The van der Waals surface area contributed by atoms with Gasteiger partial charge in [-0.1, -0.05) is 198 Å². The Morgan fingerprint density at radius 3 is 1.30 bits per heavy atom. The lowest BCUT2D eigenvalue weighted by Gasteiger charge is -2.07. The van der Waals surface area contributed by atoms with Crippen LogP contribution in [0.25, 0.3) is 0 Å². The topological polar surface area (TPSA) is 8.81 Å². The van der Waals surface area contributed by atoms with Crippen molar-refractivity contribution in [1.82, 2.24) is 4.57 Å². The normalized spacial score (nSPS) is 11.5. The van der Waals surface area contributed by atoms with Crippen LogP contribution in [0, 0.1) is 0 Å². The minimum Gasteiger partial charge on any atom is -0.234 e. The molecule has 0 aliphatic carbocycles. The summed E-state index contributed by atoms with van der Waals surface area (Å²) >= 11 is 0. The lowest BCUT2D eigenvalue weighted by atomic mass is 10.0. The number of aromatic nitrogens is 2. The minimum atomic E-state index is 1.000. The van der Waals surface area contributed by atoms with Crippen molar-refractivity contribution >= 4 is 0 Å². The van der Waals surface area contributed by atoms with Crippen LogP contribution < -0.4 is 4.57 Å². The first-order chi connectivity index (χ1) is 21.3. The van der Waals surface area contributed by atoms with Crippen molar-refractivity contribution in [2.24, 2.45) is 0 Å². The van der Waals surface area contributed by atoms with Gasteiger partial charge in [-0.25, -0.2) is 9.13 Å². The summed E-state index contributed by atoms with van der Waals surface area (Å²) in [5.41, 5.74) is 1.41. The summed E-state index contributed by atoms with van der Waals surface area (Å²) in [4.78, 5) is 0. The van der Waals surface area contributed by atoms with E-state index in [9.17, 15) is 0 Å². The molecule has 1 aromatic carbocycles. The summed E-state index contributed by atoms with van der Waals surface area (Å²) in [5, 5.41) is 0. The molecule has 2 nitrogen and oxygen atoms in total. The molecule has 0 N–H and O–H groups in total. The second kappa shape index (κ2) is 27.9. The van der Waals surface area contributed by atoms with Crippen molar-refractivity contribution in [3.63, 3.8) is 0 Å². The monoisotopic (exact) mass is 594 g/mol. The van der Waals surface area contributed by atoms with Crippen LogP contribution in [0.1, 0.15) is 199 Å². The second-order valence-corrected chi connectivity index (χ2v) is 13.6. The fourth-order valence-electron chi connectivity index (χ4n) is 6.69. The lowest BCUT2D eigenvalue weighted by Crippen LogP contribution is -2.37. The fourth-order valence-corrected chi connectivity index (χ4v) is 6.69. The standard InChI is InChI=1S/C41H73N2/c1-3-5-7-9-11-13-15-16-17-18-19-20-21-23-25-27-32-36-42-37-38-43(39-40-33-29-28-30-34-40)41(42)35-31-26-24-22-14-12-10-8-6-4-2/h28-30,33-34,37-38H,3-27,31-32,35-36,39H2,1-2H3/q+1. The van der Waals surface area contributed by atoms with E-state index in [-0.39, 0.29) is 0 Å². The van der Waals surface area contributed by atoms with Crippen molar-refractivity contribution in [1.29, 1.82) is 0 Å². The van der Waals surface area contributed by atoms with Gasteiger partial charge in [0, 0.05) is 6.42 Å². The Kier molecular flexibility index (Phi) is 24.4. The predicted molar refractivity (Wildman–Crippen MR) is 190 cm³/mol. The molecule has 1 aromatic heterocycles. The van der Waals surface area contributed by atoms with Crippen molar-refractivity contribution < 1.29 is 4.57 Å². The summed E-state index contributed by atoms with van der Waals surface area (Å²) in [5.74, 6) is 1.54. The van der Waals surface area contributed by atoms with E-state index in [0.717, 1.165) is 6.54 Å². The zero-order valence-corrected chi connectivity index (χ0v) is 29.1. The number of nitrogens with zero attached hydrogens (tertiary/aromatic N) is 2. The molecule has 0 unspecified atom stereocenters. The maximum absolute atomic E-state index is 2.59. The van der Waals surface area contributed by atoms with Crippen LogP contribution in [0.2, 0.25) is 0 Å². The third kappa shape index (κ3) is 20.2. The highest BCUT2D eigenvalue weighted by Gasteiger charge is 2.17. The van der Waals surface area contributed by atoms with Crippen molar-refractivity contribution in [3.8, 4) is 0 Å². The van der Waals surface area contributed by atoms with Gasteiger partial charge in [0.25, 0.3) is 5.82 Å². The molecule has 0 atom stereocenters. The summed E-state index contributed by atoms with van der Waals surface area (Å²) in [6.45, 7) is 6.80. The molecule has 0 aliphatic rings. The number of hydrogen-bond acceptors (Lipinski definition) is 0. The van der Waals surface area contributed by atoms with E-state index in [4.69, 9.17) is 0 Å². The molecule has 2 heteroatoms. The van der Waals surface area contributed by atoms with Crippen molar-refractivity contribution in [2.45, 2.75) is 207 Å². The molecule has 0 radical (unpaired) electrons. The van der Waals surface area contributed by atoms with Gasteiger partial charge in [0.2, 0.25) is 0 Å². The number of rotatable bonds is 31. The molecule has 0 saturated heterocycles. The van der Waals surface area contributed by atoms with E-state index in [1.54, 1.807) is 5.82 Å². The van der Waals surface area contributed by atoms with Gasteiger partial charge in [-0.15, -0.1) is 0 Å². The maximum Gasteiger partial charge on any atom is 0.256 e. The molecule has 0 amide bonds. The summed E-state index contributed by atoms with van der Waals surface area (Å²) in [7, 11) is 0. The van der Waals surface area contributed by atoms with Gasteiger partial charge in [-0.2, -0.15) is 0 Å². The minimum absolute atomic E-state index is 1.000. The number of aryl methyl sites for hydroxylation is 1. The number of imidazole rings is 1. The molecule has 0 saturated carbocycles. The zero-order chi connectivity index (χ0) is 30.5. The molecule has 43 heavy (non-hydrogen) atoms. The zero-order valence-electron chi connectivity index (χ0n) is 29.1. The molecule has 2 aromatic rings. The second-order valence-electron chi connectivity index (χ2n) is 13.6. The highest BCUT2D eigenvalue weighted by atomic mass is 15.1. The summed E-state index contributed by atoms with van der Waals surface area (Å²) in [6.07, 6.45) is 44.5. The Hall–Kier alpha value is -1.57. The summed E-state index contributed by atoms with van der Waals surface area (Å²) in [6, 6.07) is 11.0. The van der Waals surface area contributed by atoms with Crippen LogP contribution >= 0.6 is 0 Å². The highest BCUT2D eigenvalue weighted by Crippen LogP contribution is 2.15. The lowest BCUT2D eigenvalue weighted by molar-refractivity contribution is -0.704. The smallest absolute Gasteiger partial charge is 0.234 e. The average Bonchev–Trinajstić information content (AvgIpc) is 3.40. The molecular formula is C41H73N2+. The first kappa shape index (κ1) is 37.6. The van der Waals surface area contributed by atoms with Gasteiger partial charge in [-0.3, -0.25) is 0 Å². The van der Waals surface area contributed by atoms with Crippen LogP contribution in [0.4, 0.5) is 0 Å². The largest absolute Gasteiger partial charge is 0.256 e. The number of unbranched alkanes of at least 4 members (excludes halogenated alkanes) is 25. The van der Waals surface area contributed by atoms with E-state index < -0.39 is 0 Å². The van der Waals surface area contributed by atoms with Crippen LogP contribution in [-0.2, 0) is 19.5 Å². The Morgan fingerprint density at radius 1 is 0.465 bits per heavy atom. The molecule has 0 aliphatic heterocycles. The van der Waals surface area contributed by atoms with Crippen LogP contribution in [0.3, 0.4) is 0 Å². The Labute approximate surface area is 269 Å². The molecule has 0 fully saturated rings. The van der Waals surface area contributed by atoms with Crippen LogP contribution in [0.15, 0.2) is 42.7 Å². The van der Waals surface area contributed by atoms with Gasteiger partial charge >= 0.3 is 0 Å². The maximum atomic E-state index is 2.59. The van der Waals surface area contributed by atoms with Crippen molar-refractivity contribution in [2.75, 3.05) is 0 Å². The Balaban J connectivity index is 1.56. The highest BCUT2D eigenvalue weighted by molar-refractivity contribution is 5.15. The molecule has 2 rings (SSSR count). The van der Waals surface area contributed by atoms with Gasteiger partial charge in [0.05, 0.1) is 6.54 Å². The van der Waals surface area contributed by atoms with E-state index >= 15 is 0 Å². The molecule has 1 heterocycles. The SMILES string of the molecule is CCCCCCCCCCCCCCCCCCC[n+]1ccn(Cc2ccccc2)c1CCCCCCCCCCCC. The average molecular weight is 594 g/mol. The molecular weight excluding hydrogens is 520 g/mol. The molecule has 0 bridgehead atoms. The summed E-state index contributed by atoms with van der Waals surface area (Å²) < 4.78 is 5.11. The molecule has 246 valence electrons. The van der Waals surface area contributed by atoms with Crippen LogP contribution in [0.5, 0.6) is 0 Å². The number of benzene rings is 1. The van der Waals surface area contributed by atoms with E-state index in [1.165, 1.54) is 192 Å². The Bertz CT molecular complexity index is 839. The third-order valence-electron chi connectivity index (χ3n) is 9.54. The van der Waals surface area contributed by atoms with E-state index in [2.05, 4.69) is 65.7 Å². The van der Waals surface area contributed by atoms with Gasteiger partial charge in [0.15, 0.2) is 0 Å². The van der Waals surface area contributed by atoms with Gasteiger partial charge in [-0.05, 0) is 24.8 Å². The van der Waals surface area contributed by atoms with Crippen molar-refractivity contribution in [3.05, 3.63) is 54.1 Å². The quantitative estimate of drug-likeness (QED) is 0.0607. The predicted octanol–water partition coefficient (Wildman–Crippen LogP) is 12.9. The molecule has 0 spiro atoms. The first-order valence-corrected chi connectivity index (χ1v) is 19.5. The van der Waals surface area contributed by atoms with Gasteiger partial charge in [0.1, 0.15) is 18.9 Å². The van der Waals surface area contributed by atoms with Gasteiger partial charge < -0.3 is 0 Å². The van der Waals surface area contributed by atoms with Crippen LogP contribution in [-0.4, -0.2) is 4.57 Å². The van der Waals surface area contributed by atoms with E-state index in [0.29, 0.717) is 0 Å². The Morgan fingerprint density at radius 2 is 0.860 bits per heavy atom.